The van der Waals surface area contributed by atoms with Crippen LogP contribution in [0.4, 0.5) is 0 Å². The number of rotatable bonds is 2. The van der Waals surface area contributed by atoms with Gasteiger partial charge in [0.05, 0.1) is 0 Å². The molecule has 0 atom stereocenters. The summed E-state index contributed by atoms with van der Waals surface area (Å²) in [7, 11) is 3.25. The van der Waals surface area contributed by atoms with Gasteiger partial charge in [-0.1, -0.05) is 0 Å². The van der Waals surface area contributed by atoms with Crippen LogP contribution >= 0.6 is 0 Å². The first-order valence-electron chi connectivity index (χ1n) is 3.27. The van der Waals surface area contributed by atoms with Gasteiger partial charge in [0.25, 0.3) is 0 Å². The van der Waals surface area contributed by atoms with E-state index in [0.717, 1.165) is 0 Å². The van der Waals surface area contributed by atoms with Crippen molar-refractivity contribution in [2.24, 2.45) is 0 Å². The Morgan fingerprint density at radius 2 is 1.91 bits per heavy atom. The Morgan fingerprint density at radius 1 is 1.36 bits per heavy atom. The quantitative estimate of drug-likeness (QED) is 0.601. The zero-order valence-electron chi connectivity index (χ0n) is 6.33. The van der Waals surface area contributed by atoms with Crippen LogP contribution in [-0.4, -0.2) is 5.78 Å². The Balaban J connectivity index is 2.91. The van der Waals surface area contributed by atoms with Gasteiger partial charge in [0.1, 0.15) is 12.9 Å². The van der Waals surface area contributed by atoms with E-state index in [0.29, 0.717) is 11.3 Å². The summed E-state index contributed by atoms with van der Waals surface area (Å²) >= 11 is 0. The van der Waals surface area contributed by atoms with Crippen LogP contribution in [0.5, 0.6) is 5.75 Å². The third-order valence-electron chi connectivity index (χ3n) is 1.43. The second kappa shape index (κ2) is 3.19. The summed E-state index contributed by atoms with van der Waals surface area (Å²) in [4.78, 5) is 10.8. The van der Waals surface area contributed by atoms with Crippen molar-refractivity contribution < 1.29 is 9.53 Å². The van der Waals surface area contributed by atoms with E-state index in [-0.39, 0.29) is 5.78 Å². The molecule has 0 fully saturated rings. The van der Waals surface area contributed by atoms with E-state index in [2.05, 4.69) is 11.8 Å². The minimum atomic E-state index is 0.0561. The Hall–Kier alpha value is -1.31. The minimum Gasteiger partial charge on any atom is -0.490 e. The van der Waals surface area contributed by atoms with Gasteiger partial charge in [-0.05, 0) is 31.2 Å². The molecule has 0 spiro atoms. The first-order valence-corrected chi connectivity index (χ1v) is 3.27. The molecule has 1 aromatic carbocycles. The number of carbonyl (C=O) groups excluding carboxylic acids is 1. The van der Waals surface area contributed by atoms with Crippen LogP contribution in [0.1, 0.15) is 17.3 Å². The number of hydrogen-bond donors (Lipinski definition) is 0. The zero-order valence-corrected chi connectivity index (χ0v) is 6.33. The molecule has 57 valence electrons. The highest BCUT2D eigenvalue weighted by Gasteiger charge is 1.97. The van der Waals surface area contributed by atoms with Gasteiger partial charge in [-0.3, -0.25) is 4.79 Å². The standard InChI is InChI=1S/C9H9O2/c1-7(10)8-3-5-9(11-2)6-4-8/h3-6H,2H2,1H3. The van der Waals surface area contributed by atoms with Gasteiger partial charge in [-0.2, -0.15) is 0 Å². The Kier molecular flexibility index (Phi) is 2.26. The lowest BCUT2D eigenvalue weighted by atomic mass is 10.1. The third kappa shape index (κ3) is 1.80. The maximum Gasteiger partial charge on any atom is 0.159 e. The average molecular weight is 149 g/mol. The first-order chi connectivity index (χ1) is 5.24. The summed E-state index contributed by atoms with van der Waals surface area (Å²) in [5.41, 5.74) is 0.686. The van der Waals surface area contributed by atoms with E-state index in [9.17, 15) is 4.79 Å². The lowest BCUT2D eigenvalue weighted by Gasteiger charge is -1.98. The maximum atomic E-state index is 10.8. The minimum absolute atomic E-state index is 0.0561. The summed E-state index contributed by atoms with van der Waals surface area (Å²) in [5.74, 6) is 0.718. The fourth-order valence-corrected chi connectivity index (χ4v) is 0.786. The van der Waals surface area contributed by atoms with Gasteiger partial charge < -0.3 is 4.74 Å². The number of ketones is 1. The van der Waals surface area contributed by atoms with E-state index in [1.165, 1.54) is 6.92 Å². The second-order valence-electron chi connectivity index (χ2n) is 2.22. The van der Waals surface area contributed by atoms with Gasteiger partial charge in [0, 0.05) is 5.56 Å². The van der Waals surface area contributed by atoms with Gasteiger partial charge in [-0.15, -0.1) is 0 Å². The smallest absolute Gasteiger partial charge is 0.159 e. The van der Waals surface area contributed by atoms with Crippen LogP contribution in [0, 0.1) is 7.11 Å². The fraction of sp³-hybridized carbons (Fsp3) is 0.111. The lowest BCUT2D eigenvalue weighted by molar-refractivity contribution is 0.101. The highest BCUT2D eigenvalue weighted by Crippen LogP contribution is 2.11. The molecular weight excluding hydrogens is 140 g/mol. The molecule has 2 nitrogen and oxygen atoms in total. The van der Waals surface area contributed by atoms with Crippen LogP contribution in [-0.2, 0) is 0 Å². The van der Waals surface area contributed by atoms with E-state index >= 15 is 0 Å². The molecule has 0 saturated carbocycles. The maximum absolute atomic E-state index is 10.8. The molecule has 0 heterocycles. The van der Waals surface area contributed by atoms with Crippen LogP contribution < -0.4 is 4.74 Å². The summed E-state index contributed by atoms with van der Waals surface area (Å²) in [6.45, 7) is 1.53. The molecule has 0 saturated heterocycles. The van der Waals surface area contributed by atoms with Crippen molar-refractivity contribution in [2.75, 3.05) is 0 Å². The fourth-order valence-electron chi connectivity index (χ4n) is 0.786. The molecule has 1 rings (SSSR count). The van der Waals surface area contributed by atoms with E-state index < -0.39 is 0 Å². The van der Waals surface area contributed by atoms with Gasteiger partial charge in [0.2, 0.25) is 0 Å². The molecule has 11 heavy (non-hydrogen) atoms. The first kappa shape index (κ1) is 7.79. The topological polar surface area (TPSA) is 26.3 Å². The van der Waals surface area contributed by atoms with Gasteiger partial charge in [0.15, 0.2) is 5.78 Å². The normalized spacial score (nSPS) is 9.27. The molecule has 0 aliphatic heterocycles. The van der Waals surface area contributed by atoms with Crippen molar-refractivity contribution in [1.82, 2.24) is 0 Å². The highest BCUT2D eigenvalue weighted by molar-refractivity contribution is 5.94. The number of Topliss-reactive ketones (excluding diaryl/α,β-unsaturated/α-hetero) is 1. The number of benzene rings is 1. The van der Waals surface area contributed by atoms with Gasteiger partial charge >= 0.3 is 0 Å². The van der Waals surface area contributed by atoms with Crippen molar-refractivity contribution in [3.63, 3.8) is 0 Å². The second-order valence-corrected chi connectivity index (χ2v) is 2.22. The molecule has 0 aliphatic carbocycles. The molecule has 0 bridgehead atoms. The largest absolute Gasteiger partial charge is 0.490 e. The number of carbonyl (C=O) groups is 1. The molecule has 0 amide bonds. The van der Waals surface area contributed by atoms with E-state index in [1.807, 2.05) is 0 Å². The molecule has 0 unspecified atom stereocenters. The predicted octanol–water partition coefficient (Wildman–Crippen LogP) is 2.06. The number of hydrogen-bond acceptors (Lipinski definition) is 2. The summed E-state index contributed by atoms with van der Waals surface area (Å²) in [5, 5.41) is 0. The summed E-state index contributed by atoms with van der Waals surface area (Å²) < 4.78 is 4.69. The molecule has 1 aromatic rings. The molecule has 1 radical (unpaired) electrons. The van der Waals surface area contributed by atoms with Crippen LogP contribution in [0.2, 0.25) is 0 Å². The van der Waals surface area contributed by atoms with Crippen LogP contribution in [0.3, 0.4) is 0 Å². The van der Waals surface area contributed by atoms with Crippen LogP contribution in [0.25, 0.3) is 0 Å². The third-order valence-corrected chi connectivity index (χ3v) is 1.43. The van der Waals surface area contributed by atoms with Crippen molar-refractivity contribution in [1.29, 1.82) is 0 Å². The number of ether oxygens (including phenoxy) is 1. The SMILES string of the molecule is [CH2]Oc1ccc(C(C)=O)cc1. The Morgan fingerprint density at radius 3 is 2.27 bits per heavy atom. The Labute approximate surface area is 65.8 Å². The molecular formula is C9H9O2. The van der Waals surface area contributed by atoms with E-state index in [1.54, 1.807) is 24.3 Å². The van der Waals surface area contributed by atoms with Crippen molar-refractivity contribution >= 4 is 5.78 Å². The van der Waals surface area contributed by atoms with Crippen molar-refractivity contribution in [3.8, 4) is 5.75 Å². The summed E-state index contributed by atoms with van der Waals surface area (Å²) in [6, 6.07) is 6.85. The Bertz CT molecular complexity index is 249. The van der Waals surface area contributed by atoms with Gasteiger partial charge in [-0.25, -0.2) is 0 Å². The average Bonchev–Trinajstić information content (AvgIpc) is 2.05. The monoisotopic (exact) mass is 149 g/mol. The summed E-state index contributed by atoms with van der Waals surface area (Å²) in [6.07, 6.45) is 0. The van der Waals surface area contributed by atoms with Crippen LogP contribution in [0.15, 0.2) is 24.3 Å². The molecule has 0 N–H and O–H groups in total. The highest BCUT2D eigenvalue weighted by atomic mass is 16.5. The van der Waals surface area contributed by atoms with Crippen molar-refractivity contribution in [2.45, 2.75) is 6.92 Å². The molecule has 0 aromatic heterocycles. The molecule has 0 aliphatic rings. The molecule has 2 heteroatoms. The predicted molar refractivity (Wildman–Crippen MR) is 42.4 cm³/mol. The lowest BCUT2D eigenvalue weighted by Crippen LogP contribution is -1.90. The zero-order chi connectivity index (χ0) is 8.27. The van der Waals surface area contributed by atoms with Crippen molar-refractivity contribution in [3.05, 3.63) is 36.9 Å². The van der Waals surface area contributed by atoms with E-state index in [4.69, 9.17) is 0 Å².